The van der Waals surface area contributed by atoms with E-state index in [0.717, 1.165) is 25.0 Å². The normalized spacial score (nSPS) is 22.6. The molecule has 92 valence electrons. The first kappa shape index (κ1) is 12.1. The smallest absolute Gasteiger partial charge is 0.241 e. The van der Waals surface area contributed by atoms with Crippen LogP contribution in [-0.2, 0) is 11.3 Å². The lowest BCUT2D eigenvalue weighted by Gasteiger charge is -2.35. The fourth-order valence-electron chi connectivity index (χ4n) is 2.19. The molecule has 0 aromatic heterocycles. The van der Waals surface area contributed by atoms with Crippen LogP contribution in [0, 0.1) is 0 Å². The van der Waals surface area contributed by atoms with Gasteiger partial charge in [-0.1, -0.05) is 24.3 Å². The van der Waals surface area contributed by atoms with E-state index in [-0.39, 0.29) is 0 Å². The molecule has 0 saturated carbocycles. The summed E-state index contributed by atoms with van der Waals surface area (Å²) in [7, 11) is 0. The summed E-state index contributed by atoms with van der Waals surface area (Å²) in [5.74, 6) is -0.0661. The molecule has 17 heavy (non-hydrogen) atoms. The van der Waals surface area contributed by atoms with Crippen LogP contribution < -0.4 is 4.74 Å². The van der Waals surface area contributed by atoms with E-state index in [2.05, 4.69) is 11.5 Å². The van der Waals surface area contributed by atoms with Gasteiger partial charge in [-0.25, -0.2) is 5.26 Å². The van der Waals surface area contributed by atoms with Gasteiger partial charge in [-0.3, -0.25) is 0 Å². The number of ether oxygens (including phenoxy) is 1. The monoisotopic (exact) mass is 234 g/mol. The molecule has 1 unspecified atom stereocenters. The Morgan fingerprint density at radius 3 is 3.06 bits per heavy atom. The van der Waals surface area contributed by atoms with Crippen molar-refractivity contribution in [3.63, 3.8) is 0 Å². The maximum Gasteiger partial charge on any atom is 0.241 e. The summed E-state index contributed by atoms with van der Waals surface area (Å²) in [5.41, 5.74) is 1.17. The Hall–Kier alpha value is -1.32. The van der Waals surface area contributed by atoms with Gasteiger partial charge in [-0.05, 0) is 30.9 Å². The molecule has 3 heteroatoms. The fourth-order valence-corrected chi connectivity index (χ4v) is 2.19. The van der Waals surface area contributed by atoms with E-state index in [9.17, 15) is 0 Å². The van der Waals surface area contributed by atoms with Crippen LogP contribution in [0.2, 0.25) is 0 Å². The van der Waals surface area contributed by atoms with E-state index in [0.29, 0.717) is 12.8 Å². The summed E-state index contributed by atoms with van der Waals surface area (Å²) in [4.78, 5) is 4.63. The summed E-state index contributed by atoms with van der Waals surface area (Å²) < 4.78 is 5.81. The number of hydrogen-bond donors (Lipinski definition) is 1. The van der Waals surface area contributed by atoms with Crippen LogP contribution in [0.1, 0.15) is 31.2 Å². The zero-order valence-electron chi connectivity index (χ0n) is 9.89. The highest BCUT2D eigenvalue weighted by molar-refractivity contribution is 5.35. The topological polar surface area (TPSA) is 38.7 Å². The van der Waals surface area contributed by atoms with Crippen molar-refractivity contribution in [1.82, 2.24) is 0 Å². The zero-order chi connectivity index (χ0) is 12.1. The maximum absolute atomic E-state index is 9.12. The molecule has 0 fully saturated rings. The van der Waals surface area contributed by atoms with E-state index < -0.39 is 5.79 Å². The van der Waals surface area contributed by atoms with Crippen LogP contribution in [0.4, 0.5) is 0 Å². The summed E-state index contributed by atoms with van der Waals surface area (Å²) in [6.45, 7) is 3.68. The molecule has 1 aromatic rings. The van der Waals surface area contributed by atoms with Crippen molar-refractivity contribution < 1.29 is 14.9 Å². The lowest BCUT2D eigenvalue weighted by molar-refractivity contribution is -0.387. The van der Waals surface area contributed by atoms with Crippen LogP contribution in [-0.4, -0.2) is 11.0 Å². The molecular formula is C14H18O3. The minimum absolute atomic E-state index is 0.670. The first-order valence-electron chi connectivity index (χ1n) is 6.00. The number of unbranched alkanes of at least 4 members (excludes halogenated alkanes) is 1. The van der Waals surface area contributed by atoms with Crippen LogP contribution in [0.3, 0.4) is 0 Å². The Bertz CT molecular complexity index is 389. The average Bonchev–Trinajstić information content (AvgIpc) is 2.39. The third kappa shape index (κ3) is 2.68. The van der Waals surface area contributed by atoms with Crippen molar-refractivity contribution >= 4 is 0 Å². The van der Waals surface area contributed by atoms with E-state index in [4.69, 9.17) is 9.99 Å². The Balaban J connectivity index is 2.08. The Morgan fingerprint density at radius 1 is 1.47 bits per heavy atom. The first-order chi connectivity index (χ1) is 8.29. The van der Waals surface area contributed by atoms with E-state index in [1.807, 2.05) is 30.3 Å². The molecule has 1 heterocycles. The summed E-state index contributed by atoms with van der Waals surface area (Å²) in [5, 5.41) is 9.12. The van der Waals surface area contributed by atoms with Gasteiger partial charge >= 0.3 is 0 Å². The zero-order valence-corrected chi connectivity index (χ0v) is 9.89. The van der Waals surface area contributed by atoms with E-state index in [1.165, 1.54) is 5.56 Å². The van der Waals surface area contributed by atoms with Gasteiger partial charge in [0, 0.05) is 12.8 Å². The largest absolute Gasteiger partial charge is 0.459 e. The van der Waals surface area contributed by atoms with Gasteiger partial charge in [-0.15, -0.1) is 6.58 Å². The second-order valence-electron chi connectivity index (χ2n) is 4.39. The molecule has 0 radical (unpaired) electrons. The van der Waals surface area contributed by atoms with Crippen LogP contribution in [0.5, 0.6) is 5.75 Å². The van der Waals surface area contributed by atoms with Crippen LogP contribution in [0.15, 0.2) is 36.9 Å². The number of para-hydroxylation sites is 1. The minimum Gasteiger partial charge on any atom is -0.459 e. The van der Waals surface area contributed by atoms with Crippen LogP contribution in [0.25, 0.3) is 0 Å². The number of hydrogen-bond acceptors (Lipinski definition) is 3. The van der Waals surface area contributed by atoms with E-state index in [1.54, 1.807) is 0 Å². The van der Waals surface area contributed by atoms with Gasteiger partial charge in [0.05, 0.1) is 0 Å². The Kier molecular flexibility index (Phi) is 3.82. The van der Waals surface area contributed by atoms with Crippen molar-refractivity contribution in [1.29, 1.82) is 0 Å². The van der Waals surface area contributed by atoms with Crippen molar-refractivity contribution in [2.45, 2.75) is 37.9 Å². The number of aryl methyl sites for hydroxylation is 1. The molecule has 1 aromatic carbocycles. The van der Waals surface area contributed by atoms with Gasteiger partial charge in [0.1, 0.15) is 5.75 Å². The van der Waals surface area contributed by atoms with Gasteiger partial charge in [0.25, 0.3) is 0 Å². The minimum atomic E-state index is -0.878. The van der Waals surface area contributed by atoms with E-state index >= 15 is 0 Å². The molecular weight excluding hydrogens is 216 g/mol. The third-order valence-corrected chi connectivity index (χ3v) is 3.18. The Morgan fingerprint density at radius 2 is 2.29 bits per heavy atom. The van der Waals surface area contributed by atoms with Gasteiger partial charge in [-0.2, -0.15) is 4.89 Å². The lowest BCUT2D eigenvalue weighted by Crippen LogP contribution is -2.41. The predicted octanol–water partition coefficient (Wildman–Crippen LogP) is 3.55. The molecule has 0 spiro atoms. The molecule has 0 bridgehead atoms. The quantitative estimate of drug-likeness (QED) is 0.366. The molecule has 0 saturated heterocycles. The average molecular weight is 234 g/mol. The standard InChI is InChI=1S/C14H18O3/c1-2-3-6-10-14(17-15)11-9-12-7-4-5-8-13(12)16-14/h2,4-5,7-8,15H,1,3,6,9-11H2. The number of allylic oxidation sites excluding steroid dienone is 1. The highest BCUT2D eigenvalue weighted by Gasteiger charge is 2.37. The molecule has 1 atom stereocenters. The predicted molar refractivity (Wildman–Crippen MR) is 65.9 cm³/mol. The van der Waals surface area contributed by atoms with Crippen molar-refractivity contribution in [2.24, 2.45) is 0 Å². The van der Waals surface area contributed by atoms with Gasteiger partial charge in [0.2, 0.25) is 5.79 Å². The molecule has 1 N–H and O–H groups in total. The molecule has 0 amide bonds. The highest BCUT2D eigenvalue weighted by Crippen LogP contribution is 2.36. The van der Waals surface area contributed by atoms with Crippen molar-refractivity contribution in [2.75, 3.05) is 0 Å². The van der Waals surface area contributed by atoms with Crippen LogP contribution >= 0.6 is 0 Å². The summed E-state index contributed by atoms with van der Waals surface area (Å²) >= 11 is 0. The third-order valence-electron chi connectivity index (χ3n) is 3.18. The molecule has 1 aliphatic heterocycles. The highest BCUT2D eigenvalue weighted by atomic mass is 17.1. The second kappa shape index (κ2) is 5.34. The molecule has 3 nitrogen and oxygen atoms in total. The first-order valence-corrected chi connectivity index (χ1v) is 6.00. The summed E-state index contributed by atoms with van der Waals surface area (Å²) in [6, 6.07) is 7.87. The summed E-state index contributed by atoms with van der Waals surface area (Å²) in [6.07, 6.45) is 5.87. The molecule has 2 rings (SSSR count). The van der Waals surface area contributed by atoms with Gasteiger partial charge < -0.3 is 4.74 Å². The molecule has 0 aliphatic carbocycles. The van der Waals surface area contributed by atoms with Gasteiger partial charge in [0.15, 0.2) is 0 Å². The Labute approximate surface area is 102 Å². The maximum atomic E-state index is 9.12. The fraction of sp³-hybridized carbons (Fsp3) is 0.429. The lowest BCUT2D eigenvalue weighted by atomic mass is 9.96. The second-order valence-corrected chi connectivity index (χ2v) is 4.39. The molecule has 1 aliphatic rings. The van der Waals surface area contributed by atoms with Crippen molar-refractivity contribution in [3.05, 3.63) is 42.5 Å². The SMILES string of the molecule is C=CCCCC1(OO)CCc2ccccc2O1. The number of rotatable bonds is 5. The van der Waals surface area contributed by atoms with Crippen molar-refractivity contribution in [3.8, 4) is 5.75 Å². The number of benzene rings is 1. The number of fused-ring (bicyclic) bond motifs is 1.